The molecule has 7 nitrogen and oxygen atoms in total. The number of thioether (sulfide) groups is 1. The number of carbonyl (C=O) groups excluding carboxylic acids is 1. The third kappa shape index (κ3) is 5.44. The van der Waals surface area contributed by atoms with E-state index >= 15 is 0 Å². The maximum Gasteiger partial charge on any atom is 0.230 e. The first-order valence-electron chi connectivity index (χ1n) is 10.3. The number of carbonyl (C=O) groups is 1. The molecule has 1 N–H and O–H groups in total. The second-order valence-corrected chi connectivity index (χ2v) is 8.47. The molecule has 1 aliphatic carbocycles. The highest BCUT2D eigenvalue weighted by atomic mass is 32.2. The number of rotatable bonds is 11. The molecule has 4 rings (SSSR count). The molecule has 158 valence electrons. The third-order valence-electron chi connectivity index (χ3n) is 5.10. The molecular formula is C22H27N5O2S. The summed E-state index contributed by atoms with van der Waals surface area (Å²) in [7, 11) is 2.07. The van der Waals surface area contributed by atoms with E-state index in [1.54, 1.807) is 6.26 Å². The lowest BCUT2D eigenvalue weighted by molar-refractivity contribution is -0.118. The van der Waals surface area contributed by atoms with Crippen molar-refractivity contribution < 1.29 is 9.21 Å². The quantitative estimate of drug-likeness (QED) is 0.374. The first-order valence-corrected chi connectivity index (χ1v) is 11.3. The van der Waals surface area contributed by atoms with Crippen LogP contribution in [0.3, 0.4) is 0 Å². The summed E-state index contributed by atoms with van der Waals surface area (Å²) in [6.07, 6.45) is 4.87. The standard InChI is InChI=1S/C22H27N5O2S/c1-26(18-7-3-2-4-8-18)13-6-12-23-20(28)16-30-22-25-24-21(17-10-11-17)27(22)15-19-9-5-14-29-19/h2-5,7-9,14,17H,6,10-13,15-16H2,1H3,(H,23,28). The van der Waals surface area contributed by atoms with Crippen LogP contribution in [-0.4, -0.2) is 46.6 Å². The predicted octanol–water partition coefficient (Wildman–Crippen LogP) is 3.53. The molecule has 0 spiro atoms. The molecule has 0 bridgehead atoms. The molecule has 8 heteroatoms. The van der Waals surface area contributed by atoms with Crippen molar-refractivity contribution in [3.05, 3.63) is 60.3 Å². The number of nitrogens with zero attached hydrogens (tertiary/aromatic N) is 4. The molecule has 0 radical (unpaired) electrons. The molecular weight excluding hydrogens is 398 g/mol. The van der Waals surface area contributed by atoms with Gasteiger partial charge in [-0.1, -0.05) is 30.0 Å². The van der Waals surface area contributed by atoms with Gasteiger partial charge in [-0.2, -0.15) is 0 Å². The second-order valence-electron chi connectivity index (χ2n) is 7.53. The van der Waals surface area contributed by atoms with Gasteiger partial charge in [-0.3, -0.25) is 9.36 Å². The maximum absolute atomic E-state index is 12.3. The number of anilines is 1. The lowest BCUT2D eigenvalue weighted by atomic mass is 10.3. The van der Waals surface area contributed by atoms with Crippen molar-refractivity contribution in [3.63, 3.8) is 0 Å². The monoisotopic (exact) mass is 425 g/mol. The molecule has 2 heterocycles. The van der Waals surface area contributed by atoms with Crippen LogP contribution in [0.1, 0.15) is 36.8 Å². The van der Waals surface area contributed by atoms with Gasteiger partial charge in [0, 0.05) is 31.7 Å². The van der Waals surface area contributed by atoms with Crippen molar-refractivity contribution in [3.8, 4) is 0 Å². The number of para-hydroxylation sites is 1. The Balaban J connectivity index is 1.23. The average Bonchev–Trinajstić information content (AvgIpc) is 3.33. The van der Waals surface area contributed by atoms with Crippen molar-refractivity contribution in [2.45, 2.75) is 36.9 Å². The van der Waals surface area contributed by atoms with Gasteiger partial charge < -0.3 is 14.6 Å². The van der Waals surface area contributed by atoms with Crippen LogP contribution in [0.25, 0.3) is 0 Å². The largest absolute Gasteiger partial charge is 0.467 e. The van der Waals surface area contributed by atoms with Crippen molar-refractivity contribution >= 4 is 23.4 Å². The minimum Gasteiger partial charge on any atom is -0.467 e. The molecule has 0 aliphatic heterocycles. The summed E-state index contributed by atoms with van der Waals surface area (Å²) in [5.41, 5.74) is 1.18. The van der Waals surface area contributed by atoms with E-state index in [0.717, 1.165) is 42.5 Å². The number of aromatic nitrogens is 3. The summed E-state index contributed by atoms with van der Waals surface area (Å²) in [5, 5.41) is 12.5. The third-order valence-corrected chi connectivity index (χ3v) is 6.07. The second kappa shape index (κ2) is 9.84. The van der Waals surface area contributed by atoms with Gasteiger partial charge in [-0.25, -0.2) is 0 Å². The van der Waals surface area contributed by atoms with Crippen LogP contribution in [0.2, 0.25) is 0 Å². The van der Waals surface area contributed by atoms with Crippen molar-refractivity contribution in [1.82, 2.24) is 20.1 Å². The van der Waals surface area contributed by atoms with Crippen LogP contribution in [0, 0.1) is 0 Å². The highest BCUT2D eigenvalue weighted by Crippen LogP contribution is 2.40. The van der Waals surface area contributed by atoms with E-state index < -0.39 is 0 Å². The van der Waals surface area contributed by atoms with Crippen LogP contribution in [0.4, 0.5) is 5.69 Å². The van der Waals surface area contributed by atoms with Crippen molar-refractivity contribution in [1.29, 1.82) is 0 Å². The molecule has 0 unspecified atom stereocenters. The summed E-state index contributed by atoms with van der Waals surface area (Å²) in [4.78, 5) is 14.5. The first kappa shape index (κ1) is 20.5. The highest BCUT2D eigenvalue weighted by Gasteiger charge is 2.30. The number of hydrogen-bond donors (Lipinski definition) is 1. The van der Waals surface area contributed by atoms with E-state index in [1.807, 2.05) is 30.3 Å². The molecule has 1 aliphatic rings. The Labute approximate surface area is 180 Å². The van der Waals surface area contributed by atoms with E-state index in [9.17, 15) is 4.79 Å². The number of furan rings is 1. The summed E-state index contributed by atoms with van der Waals surface area (Å²) < 4.78 is 7.58. The normalized spacial score (nSPS) is 13.4. The van der Waals surface area contributed by atoms with Crippen LogP contribution in [-0.2, 0) is 11.3 Å². The maximum atomic E-state index is 12.3. The van der Waals surface area contributed by atoms with E-state index in [0.29, 0.717) is 24.8 Å². The molecule has 1 amide bonds. The zero-order valence-corrected chi connectivity index (χ0v) is 18.0. The van der Waals surface area contributed by atoms with Crippen LogP contribution < -0.4 is 10.2 Å². The zero-order chi connectivity index (χ0) is 20.8. The molecule has 1 saturated carbocycles. The SMILES string of the molecule is CN(CCCNC(=O)CSc1nnc(C2CC2)n1Cc1ccco1)c1ccccc1. The molecule has 1 aromatic carbocycles. The first-order chi connectivity index (χ1) is 14.7. The molecule has 1 fully saturated rings. The summed E-state index contributed by atoms with van der Waals surface area (Å²) in [5.74, 6) is 2.69. The van der Waals surface area contributed by atoms with Crippen LogP contribution >= 0.6 is 11.8 Å². The Hall–Kier alpha value is -2.74. The Morgan fingerprint density at radius 2 is 2.07 bits per heavy atom. The van der Waals surface area contributed by atoms with E-state index in [-0.39, 0.29) is 5.91 Å². The smallest absolute Gasteiger partial charge is 0.230 e. The van der Waals surface area contributed by atoms with Gasteiger partial charge in [0.15, 0.2) is 5.16 Å². The van der Waals surface area contributed by atoms with E-state index in [2.05, 4.69) is 44.2 Å². The fourth-order valence-electron chi connectivity index (χ4n) is 3.29. The molecule has 0 saturated heterocycles. The summed E-state index contributed by atoms with van der Waals surface area (Å²) in [6, 6.07) is 14.1. The fraction of sp³-hybridized carbons (Fsp3) is 0.409. The lowest BCUT2D eigenvalue weighted by Crippen LogP contribution is -2.29. The Kier molecular flexibility index (Phi) is 6.74. The Morgan fingerprint density at radius 1 is 1.23 bits per heavy atom. The molecule has 2 aromatic heterocycles. The summed E-state index contributed by atoms with van der Waals surface area (Å²) >= 11 is 1.43. The summed E-state index contributed by atoms with van der Waals surface area (Å²) in [6.45, 7) is 2.14. The Bertz CT molecular complexity index is 938. The predicted molar refractivity (Wildman–Crippen MR) is 118 cm³/mol. The molecule has 30 heavy (non-hydrogen) atoms. The van der Waals surface area contributed by atoms with E-state index in [1.165, 1.54) is 17.4 Å². The zero-order valence-electron chi connectivity index (χ0n) is 17.2. The molecule has 0 atom stereocenters. The van der Waals surface area contributed by atoms with Gasteiger partial charge >= 0.3 is 0 Å². The van der Waals surface area contributed by atoms with Crippen molar-refractivity contribution in [2.24, 2.45) is 0 Å². The minimum absolute atomic E-state index is 0.0166. The fourth-order valence-corrected chi connectivity index (χ4v) is 4.07. The highest BCUT2D eigenvalue weighted by molar-refractivity contribution is 7.99. The average molecular weight is 426 g/mol. The van der Waals surface area contributed by atoms with Gasteiger partial charge in [-0.15, -0.1) is 10.2 Å². The van der Waals surface area contributed by atoms with Crippen molar-refractivity contribution in [2.75, 3.05) is 30.8 Å². The van der Waals surface area contributed by atoms with E-state index in [4.69, 9.17) is 4.42 Å². The molecule has 3 aromatic rings. The number of hydrogen-bond acceptors (Lipinski definition) is 6. The van der Waals surface area contributed by atoms with Gasteiger partial charge in [0.2, 0.25) is 5.91 Å². The van der Waals surface area contributed by atoms with Crippen LogP contribution in [0.5, 0.6) is 0 Å². The number of amides is 1. The van der Waals surface area contributed by atoms with Gasteiger partial charge in [0.1, 0.15) is 11.6 Å². The number of benzene rings is 1. The number of nitrogens with one attached hydrogen (secondary N) is 1. The lowest BCUT2D eigenvalue weighted by Gasteiger charge is -2.19. The van der Waals surface area contributed by atoms with Gasteiger partial charge in [0.25, 0.3) is 0 Å². The topological polar surface area (TPSA) is 76.2 Å². The Morgan fingerprint density at radius 3 is 2.80 bits per heavy atom. The minimum atomic E-state index is 0.0166. The van der Waals surface area contributed by atoms with Gasteiger partial charge in [0.05, 0.1) is 18.6 Å². The van der Waals surface area contributed by atoms with Crippen LogP contribution in [0.15, 0.2) is 58.3 Å². The van der Waals surface area contributed by atoms with Gasteiger partial charge in [-0.05, 0) is 43.5 Å².